The molecule has 1 aliphatic heterocycles. The first kappa shape index (κ1) is 17.7. The van der Waals surface area contributed by atoms with E-state index in [0.717, 1.165) is 24.2 Å². The molecule has 25 heavy (non-hydrogen) atoms. The number of benzene rings is 1. The van der Waals surface area contributed by atoms with Gasteiger partial charge in [0.2, 0.25) is 0 Å². The van der Waals surface area contributed by atoms with Gasteiger partial charge in [-0.3, -0.25) is 4.79 Å². The number of carbonyl (C=O) groups excluding carboxylic acids is 1. The summed E-state index contributed by atoms with van der Waals surface area (Å²) in [5, 5.41) is 9.32. The standard InChI is InChI=1S/C21H27NO3/c1-14(2)17-5-4-6-18(12-17)19-7-8-20(25-19)21(24)22-10-9-16(13-23)11-15(22)3/h4-8,12,14-16,23H,9-11,13H2,1-3H3/t15-,16-/m0/s1. The molecule has 1 saturated heterocycles. The van der Waals surface area contributed by atoms with E-state index in [1.54, 1.807) is 6.07 Å². The highest BCUT2D eigenvalue weighted by Crippen LogP contribution is 2.28. The molecule has 2 heterocycles. The first-order valence-corrected chi connectivity index (χ1v) is 9.11. The van der Waals surface area contributed by atoms with Gasteiger partial charge in [0.25, 0.3) is 5.91 Å². The molecular weight excluding hydrogens is 314 g/mol. The lowest BCUT2D eigenvalue weighted by Crippen LogP contribution is -2.45. The van der Waals surface area contributed by atoms with Crippen LogP contribution in [0.1, 0.15) is 55.6 Å². The van der Waals surface area contributed by atoms with Crippen molar-refractivity contribution in [1.29, 1.82) is 0 Å². The van der Waals surface area contributed by atoms with Gasteiger partial charge in [-0.15, -0.1) is 0 Å². The number of amides is 1. The third-order valence-electron chi connectivity index (χ3n) is 5.16. The third kappa shape index (κ3) is 3.79. The van der Waals surface area contributed by atoms with Crippen LogP contribution >= 0.6 is 0 Å². The number of aliphatic hydroxyl groups excluding tert-OH is 1. The van der Waals surface area contributed by atoms with E-state index in [1.165, 1.54) is 5.56 Å². The van der Waals surface area contributed by atoms with Gasteiger partial charge in [-0.1, -0.05) is 32.0 Å². The van der Waals surface area contributed by atoms with Crippen molar-refractivity contribution < 1.29 is 14.3 Å². The molecule has 0 aliphatic carbocycles. The number of nitrogens with zero attached hydrogens (tertiary/aromatic N) is 1. The highest BCUT2D eigenvalue weighted by atomic mass is 16.4. The molecule has 1 N–H and O–H groups in total. The fraction of sp³-hybridized carbons (Fsp3) is 0.476. The molecule has 134 valence electrons. The van der Waals surface area contributed by atoms with Gasteiger partial charge in [0.05, 0.1) is 0 Å². The number of hydrogen-bond acceptors (Lipinski definition) is 3. The Kier molecular flexibility index (Phi) is 5.28. The van der Waals surface area contributed by atoms with Gasteiger partial charge < -0.3 is 14.4 Å². The second-order valence-electron chi connectivity index (χ2n) is 7.36. The molecule has 1 amide bonds. The zero-order valence-corrected chi connectivity index (χ0v) is 15.2. The van der Waals surface area contributed by atoms with Gasteiger partial charge >= 0.3 is 0 Å². The smallest absolute Gasteiger partial charge is 0.289 e. The van der Waals surface area contributed by atoms with Crippen molar-refractivity contribution in [2.75, 3.05) is 13.2 Å². The van der Waals surface area contributed by atoms with Crippen LogP contribution in [0.3, 0.4) is 0 Å². The van der Waals surface area contributed by atoms with Gasteiger partial charge in [0.15, 0.2) is 5.76 Å². The molecule has 0 unspecified atom stereocenters. The van der Waals surface area contributed by atoms with Crippen LogP contribution in [-0.2, 0) is 0 Å². The maximum atomic E-state index is 12.8. The molecule has 0 bridgehead atoms. The van der Waals surface area contributed by atoms with Crippen LogP contribution in [0.2, 0.25) is 0 Å². The van der Waals surface area contributed by atoms with Crippen molar-refractivity contribution in [1.82, 2.24) is 4.90 Å². The fourth-order valence-electron chi connectivity index (χ4n) is 3.54. The van der Waals surface area contributed by atoms with Crippen molar-refractivity contribution in [2.24, 2.45) is 5.92 Å². The average Bonchev–Trinajstić information content (AvgIpc) is 3.11. The summed E-state index contributed by atoms with van der Waals surface area (Å²) in [4.78, 5) is 14.7. The summed E-state index contributed by atoms with van der Waals surface area (Å²) in [5.41, 5.74) is 2.25. The van der Waals surface area contributed by atoms with E-state index in [9.17, 15) is 9.90 Å². The van der Waals surface area contributed by atoms with Crippen LogP contribution in [0, 0.1) is 5.92 Å². The Labute approximate surface area is 149 Å². The summed E-state index contributed by atoms with van der Waals surface area (Å²) in [6.07, 6.45) is 1.68. The topological polar surface area (TPSA) is 53.7 Å². The molecule has 0 spiro atoms. The zero-order chi connectivity index (χ0) is 18.0. The zero-order valence-electron chi connectivity index (χ0n) is 15.2. The Morgan fingerprint density at radius 3 is 2.80 bits per heavy atom. The number of piperidine rings is 1. The number of carbonyl (C=O) groups is 1. The molecule has 4 nitrogen and oxygen atoms in total. The molecule has 0 radical (unpaired) electrons. The monoisotopic (exact) mass is 341 g/mol. The summed E-state index contributed by atoms with van der Waals surface area (Å²) < 4.78 is 5.88. The lowest BCUT2D eigenvalue weighted by Gasteiger charge is -2.36. The maximum Gasteiger partial charge on any atom is 0.289 e. The molecule has 1 aromatic carbocycles. The lowest BCUT2D eigenvalue weighted by molar-refractivity contribution is 0.0486. The number of rotatable bonds is 4. The molecule has 1 aliphatic rings. The summed E-state index contributed by atoms with van der Waals surface area (Å²) in [6.45, 7) is 7.23. The van der Waals surface area contributed by atoms with Gasteiger partial charge in [-0.2, -0.15) is 0 Å². The molecule has 1 fully saturated rings. The normalized spacial score (nSPS) is 20.9. The van der Waals surface area contributed by atoms with Gasteiger partial charge in [-0.25, -0.2) is 0 Å². The number of likely N-dealkylation sites (tertiary alicyclic amines) is 1. The molecular formula is C21H27NO3. The van der Waals surface area contributed by atoms with Crippen molar-refractivity contribution in [3.63, 3.8) is 0 Å². The Morgan fingerprint density at radius 1 is 1.32 bits per heavy atom. The Hall–Kier alpha value is -2.07. The Morgan fingerprint density at radius 2 is 2.12 bits per heavy atom. The minimum atomic E-state index is -0.0600. The number of aliphatic hydroxyl groups is 1. The first-order chi connectivity index (χ1) is 12.0. The first-order valence-electron chi connectivity index (χ1n) is 9.11. The SMILES string of the molecule is CC(C)c1cccc(-c2ccc(C(=O)N3CC[C@H](CO)C[C@@H]3C)o2)c1. The van der Waals surface area contributed by atoms with E-state index < -0.39 is 0 Å². The summed E-state index contributed by atoms with van der Waals surface area (Å²) in [6, 6.07) is 12.0. The van der Waals surface area contributed by atoms with E-state index >= 15 is 0 Å². The molecule has 2 aromatic rings. The van der Waals surface area contributed by atoms with E-state index in [2.05, 4.69) is 26.0 Å². The maximum absolute atomic E-state index is 12.8. The molecule has 2 atom stereocenters. The van der Waals surface area contributed by atoms with E-state index in [-0.39, 0.29) is 18.6 Å². The molecule has 3 rings (SSSR count). The predicted molar refractivity (Wildman–Crippen MR) is 98.5 cm³/mol. The van der Waals surface area contributed by atoms with E-state index in [1.807, 2.05) is 30.0 Å². The molecule has 0 saturated carbocycles. The van der Waals surface area contributed by atoms with Gasteiger partial charge in [-0.05, 0) is 55.4 Å². The van der Waals surface area contributed by atoms with Crippen LogP contribution < -0.4 is 0 Å². The van der Waals surface area contributed by atoms with Crippen molar-refractivity contribution in [3.8, 4) is 11.3 Å². The van der Waals surface area contributed by atoms with Crippen molar-refractivity contribution in [3.05, 3.63) is 47.7 Å². The Bertz CT molecular complexity index is 734. The second kappa shape index (κ2) is 7.44. The van der Waals surface area contributed by atoms with Crippen LogP contribution in [0.5, 0.6) is 0 Å². The van der Waals surface area contributed by atoms with Gasteiger partial charge in [0, 0.05) is 24.8 Å². The minimum absolute atomic E-state index is 0.0600. The quantitative estimate of drug-likeness (QED) is 0.902. The fourth-order valence-corrected chi connectivity index (χ4v) is 3.54. The van der Waals surface area contributed by atoms with Gasteiger partial charge in [0.1, 0.15) is 5.76 Å². The Balaban J connectivity index is 1.77. The summed E-state index contributed by atoms with van der Waals surface area (Å²) >= 11 is 0. The van der Waals surface area contributed by atoms with Crippen molar-refractivity contribution >= 4 is 5.91 Å². The average molecular weight is 341 g/mol. The predicted octanol–water partition coefficient (Wildman–Crippen LogP) is 4.30. The summed E-state index contributed by atoms with van der Waals surface area (Å²) in [5.74, 6) is 1.80. The highest BCUT2D eigenvalue weighted by Gasteiger charge is 2.30. The van der Waals surface area contributed by atoms with Crippen LogP contribution in [0.15, 0.2) is 40.8 Å². The molecule has 4 heteroatoms. The van der Waals surface area contributed by atoms with Crippen LogP contribution in [0.25, 0.3) is 11.3 Å². The van der Waals surface area contributed by atoms with E-state index in [0.29, 0.717) is 24.1 Å². The molecule has 1 aromatic heterocycles. The number of furan rings is 1. The second-order valence-corrected chi connectivity index (χ2v) is 7.36. The third-order valence-corrected chi connectivity index (χ3v) is 5.16. The lowest BCUT2D eigenvalue weighted by atomic mass is 9.92. The minimum Gasteiger partial charge on any atom is -0.451 e. The summed E-state index contributed by atoms with van der Waals surface area (Å²) in [7, 11) is 0. The van der Waals surface area contributed by atoms with Crippen LogP contribution in [0.4, 0.5) is 0 Å². The highest BCUT2D eigenvalue weighted by molar-refractivity contribution is 5.92. The largest absolute Gasteiger partial charge is 0.451 e. The van der Waals surface area contributed by atoms with Crippen LogP contribution in [-0.4, -0.2) is 35.1 Å². The van der Waals surface area contributed by atoms with E-state index in [4.69, 9.17) is 4.42 Å². The van der Waals surface area contributed by atoms with Crippen molar-refractivity contribution in [2.45, 2.75) is 45.6 Å². The number of hydrogen-bond donors (Lipinski definition) is 1.